The molecule has 4 heteroatoms. The number of carbonyl (C=O) groups is 1. The Labute approximate surface area is 133 Å². The van der Waals surface area contributed by atoms with E-state index in [-0.39, 0.29) is 5.91 Å². The van der Waals surface area contributed by atoms with E-state index in [1.54, 1.807) is 30.5 Å². The van der Waals surface area contributed by atoms with E-state index in [1.165, 1.54) is 0 Å². The van der Waals surface area contributed by atoms with Crippen molar-refractivity contribution in [3.63, 3.8) is 0 Å². The summed E-state index contributed by atoms with van der Waals surface area (Å²) in [6, 6.07) is 17.5. The Hall–Kier alpha value is -1.94. The van der Waals surface area contributed by atoms with Gasteiger partial charge in [0.05, 0.1) is 0 Å². The number of benzene rings is 2. The van der Waals surface area contributed by atoms with Crippen molar-refractivity contribution in [2.45, 2.75) is 30.3 Å². The molecule has 22 heavy (non-hydrogen) atoms. The standard InChI is InChI=1S/C18H19NO2S/c1-22(21)17-11-7-15(8-12-17)18(20)19(16-9-10-16)13-14-5-3-2-4-6-14/h2-8,11-12,16H,9-10,13H2,1H3. The van der Waals surface area contributed by atoms with Gasteiger partial charge in [0, 0.05) is 40.1 Å². The van der Waals surface area contributed by atoms with Crippen LogP contribution in [0.3, 0.4) is 0 Å². The SMILES string of the molecule is CS(=O)c1ccc(C(=O)N(Cc2ccccc2)C2CC2)cc1. The van der Waals surface area contributed by atoms with Crippen LogP contribution in [0, 0.1) is 0 Å². The summed E-state index contributed by atoms with van der Waals surface area (Å²) in [7, 11) is -1.01. The van der Waals surface area contributed by atoms with Crippen molar-refractivity contribution in [2.24, 2.45) is 0 Å². The summed E-state index contributed by atoms with van der Waals surface area (Å²) >= 11 is 0. The van der Waals surface area contributed by atoms with Gasteiger partial charge in [0.15, 0.2) is 0 Å². The predicted octanol–water partition coefficient (Wildman–Crippen LogP) is 3.23. The molecular weight excluding hydrogens is 294 g/mol. The molecule has 1 unspecified atom stereocenters. The van der Waals surface area contributed by atoms with Gasteiger partial charge in [-0.1, -0.05) is 30.3 Å². The molecule has 3 nitrogen and oxygen atoms in total. The lowest BCUT2D eigenvalue weighted by atomic mass is 10.1. The average molecular weight is 313 g/mol. The molecule has 0 spiro atoms. The van der Waals surface area contributed by atoms with E-state index in [4.69, 9.17) is 0 Å². The first-order chi connectivity index (χ1) is 10.6. The van der Waals surface area contributed by atoms with Gasteiger partial charge in [-0.05, 0) is 42.7 Å². The topological polar surface area (TPSA) is 37.4 Å². The maximum atomic E-state index is 12.8. The van der Waals surface area contributed by atoms with Gasteiger partial charge in [0.25, 0.3) is 5.91 Å². The predicted molar refractivity (Wildman–Crippen MR) is 88.1 cm³/mol. The molecule has 2 aromatic rings. The number of hydrogen-bond donors (Lipinski definition) is 0. The van der Waals surface area contributed by atoms with Crippen LogP contribution in [0.15, 0.2) is 59.5 Å². The summed E-state index contributed by atoms with van der Waals surface area (Å²) in [4.78, 5) is 15.5. The van der Waals surface area contributed by atoms with Gasteiger partial charge >= 0.3 is 0 Å². The highest BCUT2D eigenvalue weighted by molar-refractivity contribution is 7.84. The van der Waals surface area contributed by atoms with Gasteiger partial charge in [-0.2, -0.15) is 0 Å². The molecule has 0 N–H and O–H groups in total. The zero-order chi connectivity index (χ0) is 15.5. The van der Waals surface area contributed by atoms with Crippen LogP contribution in [0.5, 0.6) is 0 Å². The summed E-state index contributed by atoms with van der Waals surface area (Å²) < 4.78 is 11.4. The lowest BCUT2D eigenvalue weighted by Gasteiger charge is -2.22. The lowest BCUT2D eigenvalue weighted by molar-refractivity contribution is 0.0730. The van der Waals surface area contributed by atoms with Crippen molar-refractivity contribution in [1.29, 1.82) is 0 Å². The van der Waals surface area contributed by atoms with Crippen LogP contribution in [0.4, 0.5) is 0 Å². The van der Waals surface area contributed by atoms with Gasteiger partial charge in [-0.25, -0.2) is 0 Å². The van der Waals surface area contributed by atoms with Crippen LogP contribution in [-0.4, -0.2) is 27.3 Å². The van der Waals surface area contributed by atoms with E-state index in [2.05, 4.69) is 0 Å². The van der Waals surface area contributed by atoms with Crippen LogP contribution < -0.4 is 0 Å². The molecule has 0 radical (unpaired) electrons. The molecule has 1 atom stereocenters. The lowest BCUT2D eigenvalue weighted by Crippen LogP contribution is -2.32. The van der Waals surface area contributed by atoms with Crippen LogP contribution in [0.2, 0.25) is 0 Å². The minimum Gasteiger partial charge on any atom is -0.331 e. The molecule has 1 fully saturated rings. The number of hydrogen-bond acceptors (Lipinski definition) is 2. The number of carbonyl (C=O) groups excluding carboxylic acids is 1. The summed E-state index contributed by atoms with van der Waals surface area (Å²) in [5.41, 5.74) is 1.81. The fourth-order valence-electron chi connectivity index (χ4n) is 2.49. The van der Waals surface area contributed by atoms with Crippen LogP contribution in [-0.2, 0) is 17.3 Å². The molecule has 1 amide bonds. The maximum Gasteiger partial charge on any atom is 0.254 e. The van der Waals surface area contributed by atoms with E-state index in [9.17, 15) is 9.00 Å². The second kappa shape index (κ2) is 6.44. The van der Waals surface area contributed by atoms with Crippen molar-refractivity contribution in [3.8, 4) is 0 Å². The minimum atomic E-state index is -1.01. The highest BCUT2D eigenvalue weighted by atomic mass is 32.2. The molecule has 0 aromatic heterocycles. The van der Waals surface area contributed by atoms with Crippen molar-refractivity contribution >= 4 is 16.7 Å². The quantitative estimate of drug-likeness (QED) is 0.850. The highest BCUT2D eigenvalue weighted by Crippen LogP contribution is 2.30. The van der Waals surface area contributed by atoms with Crippen LogP contribution in [0.25, 0.3) is 0 Å². The highest BCUT2D eigenvalue weighted by Gasteiger charge is 2.33. The molecule has 0 aliphatic heterocycles. The minimum absolute atomic E-state index is 0.0554. The van der Waals surface area contributed by atoms with Crippen LogP contribution >= 0.6 is 0 Å². The monoisotopic (exact) mass is 313 g/mol. The van der Waals surface area contributed by atoms with Gasteiger partial charge in [0.1, 0.15) is 0 Å². The number of rotatable bonds is 5. The molecule has 0 bridgehead atoms. The van der Waals surface area contributed by atoms with E-state index in [1.807, 2.05) is 35.2 Å². The average Bonchev–Trinajstić information content (AvgIpc) is 3.38. The van der Waals surface area contributed by atoms with E-state index in [0.717, 1.165) is 23.3 Å². The van der Waals surface area contributed by atoms with Gasteiger partial charge in [-0.3, -0.25) is 9.00 Å². The van der Waals surface area contributed by atoms with Crippen molar-refractivity contribution in [1.82, 2.24) is 4.90 Å². The third-order valence-electron chi connectivity index (χ3n) is 3.88. The van der Waals surface area contributed by atoms with E-state index in [0.29, 0.717) is 18.2 Å². The summed E-state index contributed by atoms with van der Waals surface area (Å²) in [5, 5.41) is 0. The largest absolute Gasteiger partial charge is 0.331 e. The fraction of sp³-hybridized carbons (Fsp3) is 0.278. The molecule has 1 saturated carbocycles. The first kappa shape index (κ1) is 15.0. The first-order valence-electron chi connectivity index (χ1n) is 7.43. The molecule has 2 aromatic carbocycles. The Morgan fingerprint density at radius 2 is 1.73 bits per heavy atom. The van der Waals surface area contributed by atoms with Gasteiger partial charge in [-0.15, -0.1) is 0 Å². The third-order valence-corrected chi connectivity index (χ3v) is 4.81. The second-order valence-electron chi connectivity index (χ2n) is 5.63. The second-order valence-corrected chi connectivity index (χ2v) is 7.01. The normalized spacial score (nSPS) is 15.3. The molecule has 1 aliphatic rings. The smallest absolute Gasteiger partial charge is 0.254 e. The molecule has 1 aliphatic carbocycles. The zero-order valence-corrected chi connectivity index (χ0v) is 13.4. The molecule has 114 valence electrons. The Kier molecular flexibility index (Phi) is 4.39. The summed E-state index contributed by atoms with van der Waals surface area (Å²) in [5.74, 6) is 0.0554. The van der Waals surface area contributed by atoms with Crippen molar-refractivity contribution in [2.75, 3.05) is 6.26 Å². The summed E-state index contributed by atoms with van der Waals surface area (Å²) in [6.45, 7) is 0.645. The summed E-state index contributed by atoms with van der Waals surface area (Å²) in [6.07, 6.45) is 3.80. The molecule has 3 rings (SSSR count). The molecule has 0 saturated heterocycles. The number of amides is 1. The Balaban J connectivity index is 1.79. The zero-order valence-electron chi connectivity index (χ0n) is 12.6. The molecular formula is C18H19NO2S. The Morgan fingerprint density at radius 1 is 1.09 bits per heavy atom. The van der Waals surface area contributed by atoms with E-state index < -0.39 is 10.8 Å². The Morgan fingerprint density at radius 3 is 2.27 bits per heavy atom. The van der Waals surface area contributed by atoms with E-state index >= 15 is 0 Å². The van der Waals surface area contributed by atoms with Crippen molar-refractivity contribution < 1.29 is 9.00 Å². The fourth-order valence-corrected chi connectivity index (χ4v) is 3.01. The molecule has 0 heterocycles. The van der Waals surface area contributed by atoms with Crippen LogP contribution in [0.1, 0.15) is 28.8 Å². The maximum absolute atomic E-state index is 12.8. The Bertz CT molecular complexity index is 678. The van der Waals surface area contributed by atoms with Gasteiger partial charge in [0.2, 0.25) is 0 Å². The number of nitrogens with zero attached hydrogens (tertiary/aromatic N) is 1. The van der Waals surface area contributed by atoms with Gasteiger partial charge < -0.3 is 4.90 Å². The van der Waals surface area contributed by atoms with Crippen molar-refractivity contribution in [3.05, 3.63) is 65.7 Å². The first-order valence-corrected chi connectivity index (χ1v) is 8.99. The third kappa shape index (κ3) is 3.45.